The molecule has 0 unspecified atom stereocenters. The SMILES string of the molecule is Nc1cc2ccccc2c2c1OC(c1ccccc1)(c1ccccc1)C=C2. The highest BCUT2D eigenvalue weighted by Gasteiger charge is 2.37. The molecule has 0 aliphatic carbocycles. The molecule has 0 bridgehead atoms. The highest BCUT2D eigenvalue weighted by atomic mass is 16.5. The summed E-state index contributed by atoms with van der Waals surface area (Å²) in [5, 5.41) is 2.27. The number of rotatable bonds is 2. The molecule has 2 N–H and O–H groups in total. The lowest BCUT2D eigenvalue weighted by Gasteiger charge is -2.37. The minimum absolute atomic E-state index is 0.657. The summed E-state index contributed by atoms with van der Waals surface area (Å²) in [6, 6.07) is 30.8. The van der Waals surface area contributed by atoms with E-state index in [-0.39, 0.29) is 0 Å². The molecule has 1 aliphatic heterocycles. The monoisotopic (exact) mass is 349 g/mol. The molecule has 5 rings (SSSR count). The lowest BCUT2D eigenvalue weighted by molar-refractivity contribution is 0.162. The lowest BCUT2D eigenvalue weighted by atomic mass is 9.83. The summed E-state index contributed by atoms with van der Waals surface area (Å²) in [5.41, 5.74) is 9.56. The van der Waals surface area contributed by atoms with Crippen molar-refractivity contribution in [1.82, 2.24) is 0 Å². The summed E-state index contributed by atoms with van der Waals surface area (Å²) in [6.07, 6.45) is 4.30. The van der Waals surface area contributed by atoms with Gasteiger partial charge in [0.15, 0.2) is 11.4 Å². The van der Waals surface area contributed by atoms with Crippen LogP contribution in [0, 0.1) is 0 Å². The Kier molecular flexibility index (Phi) is 3.51. The van der Waals surface area contributed by atoms with Crippen LogP contribution in [0.25, 0.3) is 16.8 Å². The molecule has 27 heavy (non-hydrogen) atoms. The van der Waals surface area contributed by atoms with Gasteiger partial charge in [-0.1, -0.05) is 84.9 Å². The van der Waals surface area contributed by atoms with Crippen LogP contribution in [0.15, 0.2) is 97.1 Å². The molecular weight excluding hydrogens is 330 g/mol. The molecule has 0 fully saturated rings. The Labute approximate surface area is 158 Å². The van der Waals surface area contributed by atoms with Gasteiger partial charge in [0.25, 0.3) is 0 Å². The Hall–Kier alpha value is -3.52. The second kappa shape index (κ2) is 6.03. The summed E-state index contributed by atoms with van der Waals surface area (Å²) in [5.74, 6) is 0.740. The third-order valence-corrected chi connectivity index (χ3v) is 5.22. The summed E-state index contributed by atoms with van der Waals surface area (Å²) in [7, 11) is 0. The van der Waals surface area contributed by atoms with Crippen molar-refractivity contribution in [2.24, 2.45) is 0 Å². The zero-order valence-electron chi connectivity index (χ0n) is 14.8. The molecule has 2 nitrogen and oxygen atoms in total. The van der Waals surface area contributed by atoms with Gasteiger partial charge in [0, 0.05) is 16.7 Å². The Balaban J connectivity index is 1.78. The Morgan fingerprint density at radius 1 is 0.704 bits per heavy atom. The molecule has 1 heterocycles. The second-order valence-electron chi connectivity index (χ2n) is 6.83. The highest BCUT2D eigenvalue weighted by molar-refractivity contribution is 5.97. The van der Waals surface area contributed by atoms with Crippen LogP contribution >= 0.6 is 0 Å². The van der Waals surface area contributed by atoms with E-state index in [9.17, 15) is 0 Å². The van der Waals surface area contributed by atoms with Gasteiger partial charge in [-0.15, -0.1) is 0 Å². The number of benzene rings is 4. The average Bonchev–Trinajstić information content (AvgIpc) is 2.75. The van der Waals surface area contributed by atoms with Crippen LogP contribution in [-0.2, 0) is 5.60 Å². The fourth-order valence-corrected chi connectivity index (χ4v) is 3.90. The van der Waals surface area contributed by atoms with Gasteiger partial charge >= 0.3 is 0 Å². The van der Waals surface area contributed by atoms with Gasteiger partial charge in [0.05, 0.1) is 5.69 Å². The van der Waals surface area contributed by atoms with Crippen molar-refractivity contribution in [3.8, 4) is 5.75 Å². The highest BCUT2D eigenvalue weighted by Crippen LogP contribution is 2.46. The molecule has 130 valence electrons. The molecule has 4 aromatic carbocycles. The van der Waals surface area contributed by atoms with Crippen LogP contribution in [0.5, 0.6) is 5.75 Å². The summed E-state index contributed by atoms with van der Waals surface area (Å²) < 4.78 is 6.72. The maximum absolute atomic E-state index is 6.72. The molecule has 1 aliphatic rings. The molecule has 0 saturated heterocycles. The van der Waals surface area contributed by atoms with Crippen LogP contribution < -0.4 is 10.5 Å². The number of anilines is 1. The van der Waals surface area contributed by atoms with Crippen LogP contribution in [0.2, 0.25) is 0 Å². The largest absolute Gasteiger partial charge is 0.471 e. The predicted octanol–water partition coefficient (Wildman–Crippen LogP) is 5.77. The fraction of sp³-hybridized carbons (Fsp3) is 0.0400. The molecule has 0 aromatic heterocycles. The zero-order valence-corrected chi connectivity index (χ0v) is 14.8. The molecular formula is C25H19NO. The Morgan fingerprint density at radius 3 is 1.96 bits per heavy atom. The first-order valence-electron chi connectivity index (χ1n) is 9.08. The van der Waals surface area contributed by atoms with E-state index in [2.05, 4.69) is 48.6 Å². The second-order valence-corrected chi connectivity index (χ2v) is 6.83. The van der Waals surface area contributed by atoms with E-state index in [1.807, 2.05) is 54.6 Å². The van der Waals surface area contributed by atoms with E-state index in [0.717, 1.165) is 33.2 Å². The summed E-state index contributed by atoms with van der Waals surface area (Å²) in [6.45, 7) is 0. The normalized spacial score (nSPS) is 14.5. The van der Waals surface area contributed by atoms with Crippen molar-refractivity contribution in [2.75, 3.05) is 5.73 Å². The van der Waals surface area contributed by atoms with E-state index >= 15 is 0 Å². The number of fused-ring (bicyclic) bond motifs is 3. The summed E-state index contributed by atoms with van der Waals surface area (Å²) >= 11 is 0. The van der Waals surface area contributed by atoms with Crippen molar-refractivity contribution < 1.29 is 4.74 Å². The van der Waals surface area contributed by atoms with Crippen molar-refractivity contribution in [1.29, 1.82) is 0 Å². The minimum atomic E-state index is -0.702. The van der Waals surface area contributed by atoms with E-state index in [1.165, 1.54) is 0 Å². The van der Waals surface area contributed by atoms with Crippen molar-refractivity contribution in [2.45, 2.75) is 5.60 Å². The quantitative estimate of drug-likeness (QED) is 0.466. The molecule has 0 spiro atoms. The molecule has 0 saturated carbocycles. The number of nitrogens with two attached hydrogens (primary N) is 1. The van der Waals surface area contributed by atoms with Crippen LogP contribution in [0.3, 0.4) is 0 Å². The molecule has 0 radical (unpaired) electrons. The van der Waals surface area contributed by atoms with Crippen molar-refractivity contribution >= 4 is 22.5 Å². The van der Waals surface area contributed by atoms with Gasteiger partial charge in [-0.25, -0.2) is 0 Å². The zero-order chi connectivity index (χ0) is 18.3. The molecule has 0 amide bonds. The van der Waals surface area contributed by atoms with E-state index < -0.39 is 5.60 Å². The topological polar surface area (TPSA) is 35.2 Å². The Bertz CT molecular complexity index is 1110. The Morgan fingerprint density at radius 2 is 1.30 bits per heavy atom. The number of ether oxygens (including phenoxy) is 1. The predicted molar refractivity (Wildman–Crippen MR) is 112 cm³/mol. The first kappa shape index (κ1) is 15.7. The van der Waals surface area contributed by atoms with E-state index in [4.69, 9.17) is 10.5 Å². The van der Waals surface area contributed by atoms with Crippen LogP contribution in [0.4, 0.5) is 5.69 Å². The average molecular weight is 349 g/mol. The van der Waals surface area contributed by atoms with Gasteiger partial charge in [-0.05, 0) is 29.0 Å². The summed E-state index contributed by atoms with van der Waals surface area (Å²) in [4.78, 5) is 0. The third-order valence-electron chi connectivity index (χ3n) is 5.22. The first-order chi connectivity index (χ1) is 13.3. The van der Waals surface area contributed by atoms with Gasteiger partial charge in [0.1, 0.15) is 0 Å². The van der Waals surface area contributed by atoms with Gasteiger partial charge < -0.3 is 10.5 Å². The first-order valence-corrected chi connectivity index (χ1v) is 9.08. The van der Waals surface area contributed by atoms with Gasteiger partial charge in [-0.3, -0.25) is 0 Å². The van der Waals surface area contributed by atoms with E-state index in [1.54, 1.807) is 0 Å². The molecule has 4 aromatic rings. The van der Waals surface area contributed by atoms with E-state index in [0.29, 0.717) is 5.69 Å². The van der Waals surface area contributed by atoms with Crippen LogP contribution in [-0.4, -0.2) is 0 Å². The van der Waals surface area contributed by atoms with Crippen molar-refractivity contribution in [3.63, 3.8) is 0 Å². The third kappa shape index (κ3) is 2.42. The minimum Gasteiger partial charge on any atom is -0.471 e. The van der Waals surface area contributed by atoms with Gasteiger partial charge in [-0.2, -0.15) is 0 Å². The maximum Gasteiger partial charge on any atom is 0.178 e. The molecule has 2 heteroatoms. The maximum atomic E-state index is 6.72. The van der Waals surface area contributed by atoms with Crippen molar-refractivity contribution in [3.05, 3.63) is 114 Å². The smallest absolute Gasteiger partial charge is 0.178 e. The molecule has 0 atom stereocenters. The van der Waals surface area contributed by atoms with Crippen LogP contribution in [0.1, 0.15) is 16.7 Å². The standard InChI is InChI=1S/C25H19NO/c26-23-17-18-9-7-8-14-21(18)22-15-16-25(27-24(22)23,19-10-3-1-4-11-19)20-12-5-2-6-13-20/h1-17H,26H2. The van der Waals surface area contributed by atoms with Gasteiger partial charge in [0.2, 0.25) is 0 Å². The lowest BCUT2D eigenvalue weighted by Crippen LogP contribution is -2.34. The fourth-order valence-electron chi connectivity index (χ4n) is 3.90. The number of hydrogen-bond acceptors (Lipinski definition) is 2. The number of nitrogen functional groups attached to an aromatic ring is 1. The number of hydrogen-bond donors (Lipinski definition) is 1.